The molecule has 0 amide bonds. The third kappa shape index (κ3) is 9.61. The van der Waals surface area contributed by atoms with Gasteiger partial charge in [-0.2, -0.15) is 0 Å². The summed E-state index contributed by atoms with van der Waals surface area (Å²) in [5, 5.41) is 13.3. The second kappa shape index (κ2) is 20.0. The first kappa shape index (κ1) is 47.2. The van der Waals surface area contributed by atoms with E-state index in [4.69, 9.17) is 15.2 Å². The highest BCUT2D eigenvalue weighted by atomic mass is 16.7. The Labute approximate surface area is 404 Å². The molecule has 353 valence electrons. The average Bonchev–Trinajstić information content (AvgIpc) is 3.33. The van der Waals surface area contributed by atoms with E-state index in [9.17, 15) is 19.7 Å². The van der Waals surface area contributed by atoms with Crippen molar-refractivity contribution < 1.29 is 24.0 Å². The van der Waals surface area contributed by atoms with Gasteiger partial charge in [0, 0.05) is 50.4 Å². The molecule has 6 aromatic rings. The van der Waals surface area contributed by atoms with Crippen LogP contribution in [0.25, 0.3) is 0 Å². The standard InChI is InChI=1S/C57H59N6O6/c1-36(2)43-27-47(45-32-61(33-45)53(39-18-10-6-11-19-39)40-20-12-7-13-21-40)51(59-30-43)55(64)68-49-29-57(63(66)67,50(58)26-38(49)5)69-56(65)52-48(28-44(31-60-52)37(3)4)46-34-62(35-46)54(41-22-14-8-15-23-41)42-24-16-9-17-25-42/h6-25,27-31,36-37,45-46,50,53-54H,26,32-35,58H2,1-5H3/t50-,57-/m1/s1. The van der Waals surface area contributed by atoms with E-state index >= 15 is 0 Å². The molecule has 1 radical (unpaired) electrons. The number of nitrogens with zero attached hydrogens (tertiary/aromatic N) is 5. The van der Waals surface area contributed by atoms with E-state index in [0.717, 1.165) is 34.2 Å². The van der Waals surface area contributed by atoms with Crippen LogP contribution in [-0.4, -0.2) is 74.6 Å². The first-order valence-corrected chi connectivity index (χ1v) is 23.9. The Morgan fingerprint density at radius 3 is 1.38 bits per heavy atom. The maximum absolute atomic E-state index is 14.5. The average molecular weight is 924 g/mol. The molecule has 2 atom stereocenters. The number of carbonyl (C=O) groups excluding carboxylic acids is 2. The minimum absolute atomic E-state index is 0.0120. The van der Waals surface area contributed by atoms with Crippen LogP contribution < -0.4 is 5.73 Å². The van der Waals surface area contributed by atoms with Gasteiger partial charge < -0.3 is 15.2 Å². The van der Waals surface area contributed by atoms with Crippen LogP contribution in [0, 0.1) is 16.5 Å². The van der Waals surface area contributed by atoms with Crippen molar-refractivity contribution in [2.75, 3.05) is 26.2 Å². The Hall–Kier alpha value is -6.86. The van der Waals surface area contributed by atoms with Gasteiger partial charge in [0.05, 0.1) is 17.0 Å². The molecule has 4 aromatic carbocycles. The molecule has 9 rings (SSSR count). The third-order valence-corrected chi connectivity index (χ3v) is 14.0. The van der Waals surface area contributed by atoms with E-state index in [1.807, 2.05) is 98.8 Å². The lowest BCUT2D eigenvalue weighted by Crippen LogP contribution is -2.59. The third-order valence-electron chi connectivity index (χ3n) is 14.0. The number of pyridine rings is 2. The zero-order valence-electron chi connectivity index (χ0n) is 39.8. The highest BCUT2D eigenvalue weighted by molar-refractivity contribution is 5.91. The summed E-state index contributed by atoms with van der Waals surface area (Å²) < 4.78 is 12.1. The number of carbonyl (C=O) groups is 2. The number of benzene rings is 4. The van der Waals surface area contributed by atoms with Gasteiger partial charge in [0.2, 0.25) is 0 Å². The monoisotopic (exact) mass is 923 g/mol. The van der Waals surface area contributed by atoms with Crippen LogP contribution in [0.1, 0.15) is 142 Å². The first-order valence-electron chi connectivity index (χ1n) is 23.9. The van der Waals surface area contributed by atoms with Gasteiger partial charge in [0.1, 0.15) is 18.2 Å². The van der Waals surface area contributed by atoms with Gasteiger partial charge in [-0.05, 0) is 75.3 Å². The molecule has 69 heavy (non-hydrogen) atoms. The number of likely N-dealkylation sites (tertiary alicyclic amines) is 2. The van der Waals surface area contributed by atoms with E-state index in [1.54, 1.807) is 19.3 Å². The molecule has 0 unspecified atom stereocenters. The van der Waals surface area contributed by atoms with Crippen molar-refractivity contribution in [1.29, 1.82) is 0 Å². The molecule has 2 fully saturated rings. The summed E-state index contributed by atoms with van der Waals surface area (Å²) in [5.74, 6) is -1.75. The van der Waals surface area contributed by atoms with Crippen LogP contribution in [0.2, 0.25) is 0 Å². The second-order valence-electron chi connectivity index (χ2n) is 19.4. The number of nitrogens with two attached hydrogens (primary N) is 1. The van der Waals surface area contributed by atoms with Crippen LogP contribution in [0.3, 0.4) is 0 Å². The van der Waals surface area contributed by atoms with Crippen molar-refractivity contribution in [1.82, 2.24) is 19.8 Å². The fourth-order valence-corrected chi connectivity index (χ4v) is 9.99. The Balaban J connectivity index is 0.954. The van der Waals surface area contributed by atoms with Crippen molar-refractivity contribution in [2.45, 2.75) is 88.6 Å². The maximum Gasteiger partial charge on any atom is 0.391 e. The van der Waals surface area contributed by atoms with Gasteiger partial charge in [-0.1, -0.05) is 161 Å². The second-order valence-corrected chi connectivity index (χ2v) is 19.4. The first-order chi connectivity index (χ1) is 33.3. The zero-order valence-corrected chi connectivity index (χ0v) is 39.8. The molecule has 0 spiro atoms. The summed E-state index contributed by atoms with van der Waals surface area (Å²) in [5.41, 5.74) is 12.6. The van der Waals surface area contributed by atoms with Gasteiger partial charge >= 0.3 is 17.7 Å². The number of ether oxygens (including phenoxy) is 2. The Kier molecular flexibility index (Phi) is 13.7. The molecule has 0 bridgehead atoms. The lowest BCUT2D eigenvalue weighted by Gasteiger charge is -2.45. The van der Waals surface area contributed by atoms with Crippen molar-refractivity contribution >= 4 is 11.9 Å². The van der Waals surface area contributed by atoms with Crippen molar-refractivity contribution in [2.24, 2.45) is 5.73 Å². The Morgan fingerprint density at radius 1 is 0.638 bits per heavy atom. The van der Waals surface area contributed by atoms with Gasteiger partial charge in [-0.25, -0.2) is 19.6 Å². The number of aromatic nitrogens is 2. The van der Waals surface area contributed by atoms with E-state index < -0.39 is 28.6 Å². The summed E-state index contributed by atoms with van der Waals surface area (Å²) in [6.07, 6.45) is 4.30. The zero-order chi connectivity index (χ0) is 48.4. The maximum atomic E-state index is 14.5. The number of nitro groups is 1. The molecule has 2 N–H and O–H groups in total. The van der Waals surface area contributed by atoms with E-state index in [2.05, 4.69) is 82.1 Å². The molecular weight excluding hydrogens is 865 g/mol. The molecule has 2 saturated heterocycles. The minimum atomic E-state index is -2.57. The van der Waals surface area contributed by atoms with Crippen molar-refractivity contribution in [3.8, 4) is 0 Å². The number of esters is 2. The SMILES string of the molecule is CC1=C(OC(=O)c2ncc(C(C)C)cc2C2CN(C(c3ccccc3)c3ccccc3)C2)[CH][C@](OC(=O)c2ncc(C(C)C)cc2C2CN(C(c3ccccc3)c3ccccc3)C2)([N+](=O)[O-])[C@H](N)C1. The number of hydrogen-bond donors (Lipinski definition) is 1. The predicted molar refractivity (Wildman–Crippen MR) is 265 cm³/mol. The normalized spacial score (nSPS) is 19.2. The number of hydrogen-bond acceptors (Lipinski definition) is 11. The topological polar surface area (TPSA) is 154 Å². The van der Waals surface area contributed by atoms with Crippen LogP contribution in [0.4, 0.5) is 0 Å². The molecule has 12 nitrogen and oxygen atoms in total. The predicted octanol–water partition coefficient (Wildman–Crippen LogP) is 10.3. The molecule has 2 aromatic heterocycles. The summed E-state index contributed by atoms with van der Waals surface area (Å²) in [4.78, 5) is 55.5. The lowest BCUT2D eigenvalue weighted by molar-refractivity contribution is -0.613. The van der Waals surface area contributed by atoms with Gasteiger partial charge in [-0.3, -0.25) is 19.9 Å². The van der Waals surface area contributed by atoms with Crippen molar-refractivity contribution in [3.05, 3.63) is 230 Å². The molecule has 12 heteroatoms. The molecule has 2 aliphatic heterocycles. The van der Waals surface area contributed by atoms with Crippen LogP contribution in [0.5, 0.6) is 0 Å². The summed E-state index contributed by atoms with van der Waals surface area (Å²) in [6, 6.07) is 44.0. The van der Waals surface area contributed by atoms with Crippen molar-refractivity contribution in [3.63, 3.8) is 0 Å². The highest BCUT2D eigenvalue weighted by Crippen LogP contribution is 2.43. The summed E-state index contributed by atoms with van der Waals surface area (Å²) in [6.45, 7) is 12.5. The van der Waals surface area contributed by atoms with E-state index in [1.165, 1.54) is 11.1 Å². The quantitative estimate of drug-likeness (QED) is 0.0453. The lowest BCUT2D eigenvalue weighted by atomic mass is 9.84. The molecule has 3 aliphatic rings. The smallest absolute Gasteiger partial charge is 0.391 e. The van der Waals surface area contributed by atoms with Gasteiger partial charge in [0.15, 0.2) is 11.4 Å². The van der Waals surface area contributed by atoms with Crippen LogP contribution in [0.15, 0.2) is 157 Å². The summed E-state index contributed by atoms with van der Waals surface area (Å²) >= 11 is 0. The minimum Gasteiger partial charge on any atom is -0.426 e. The van der Waals surface area contributed by atoms with Crippen LogP contribution >= 0.6 is 0 Å². The van der Waals surface area contributed by atoms with E-state index in [-0.39, 0.29) is 59.3 Å². The fraction of sp³-hybridized carbons (Fsp3) is 0.316. The molecule has 0 saturated carbocycles. The number of rotatable bonds is 15. The Morgan fingerprint density at radius 2 is 1.01 bits per heavy atom. The highest BCUT2D eigenvalue weighted by Gasteiger charge is 2.58. The van der Waals surface area contributed by atoms with Gasteiger partial charge in [0.25, 0.3) is 0 Å². The van der Waals surface area contributed by atoms with E-state index in [0.29, 0.717) is 37.3 Å². The fourth-order valence-electron chi connectivity index (χ4n) is 9.99. The Bertz CT molecular complexity index is 2750. The molecule has 4 heterocycles. The molecule has 1 aliphatic carbocycles. The van der Waals surface area contributed by atoms with Crippen LogP contribution in [-0.2, 0) is 9.47 Å². The van der Waals surface area contributed by atoms with Gasteiger partial charge in [-0.15, -0.1) is 0 Å². The largest absolute Gasteiger partial charge is 0.426 e. The summed E-state index contributed by atoms with van der Waals surface area (Å²) in [7, 11) is 0. The molecular formula is C57H59N6O6.